The first-order chi connectivity index (χ1) is 5.75. The van der Waals surface area contributed by atoms with Crippen LogP contribution in [0.4, 0.5) is 0 Å². The lowest BCUT2D eigenvalue weighted by Gasteiger charge is -2.34. The van der Waals surface area contributed by atoms with Crippen LogP contribution >= 0.6 is 0 Å². The summed E-state index contributed by atoms with van der Waals surface area (Å²) < 4.78 is 0. The summed E-state index contributed by atoms with van der Waals surface area (Å²) >= 11 is 0. The summed E-state index contributed by atoms with van der Waals surface area (Å²) in [6.07, 6.45) is 8.30. The quantitative estimate of drug-likeness (QED) is 0.688. The summed E-state index contributed by atoms with van der Waals surface area (Å²) in [5.74, 6) is 0.878. The van der Waals surface area contributed by atoms with Gasteiger partial charge in [-0.3, -0.25) is 0 Å². The molecule has 0 heterocycles. The van der Waals surface area contributed by atoms with Crippen molar-refractivity contribution in [1.29, 1.82) is 0 Å². The molecule has 0 saturated heterocycles. The van der Waals surface area contributed by atoms with Gasteiger partial charge >= 0.3 is 0 Å². The summed E-state index contributed by atoms with van der Waals surface area (Å²) in [7, 11) is 0. The molecule has 1 aliphatic rings. The molecule has 0 radical (unpaired) electrons. The van der Waals surface area contributed by atoms with Crippen molar-refractivity contribution in [3.05, 3.63) is 0 Å². The van der Waals surface area contributed by atoms with Crippen LogP contribution in [0.3, 0.4) is 0 Å². The molecule has 0 aliphatic heterocycles. The van der Waals surface area contributed by atoms with Crippen LogP contribution in [0.25, 0.3) is 0 Å². The van der Waals surface area contributed by atoms with Gasteiger partial charge in [-0.25, -0.2) is 0 Å². The van der Waals surface area contributed by atoms with E-state index in [1.165, 1.54) is 38.5 Å². The van der Waals surface area contributed by atoms with Crippen LogP contribution < -0.4 is 5.73 Å². The Morgan fingerprint density at radius 1 is 1.33 bits per heavy atom. The van der Waals surface area contributed by atoms with Gasteiger partial charge in [-0.1, -0.05) is 33.1 Å². The Morgan fingerprint density at radius 3 is 2.33 bits per heavy atom. The predicted octanol–water partition coefficient (Wildman–Crippen LogP) is 2.94. The molecule has 0 bridgehead atoms. The average molecular weight is 169 g/mol. The number of rotatable bonds is 4. The van der Waals surface area contributed by atoms with Gasteiger partial charge in [-0.15, -0.1) is 0 Å². The van der Waals surface area contributed by atoms with E-state index in [2.05, 4.69) is 13.8 Å². The topological polar surface area (TPSA) is 26.0 Å². The zero-order chi connectivity index (χ0) is 9.03. The summed E-state index contributed by atoms with van der Waals surface area (Å²) in [5, 5.41) is 0. The normalized spacial score (nSPS) is 24.2. The fraction of sp³-hybridized carbons (Fsp3) is 1.00. The molecule has 72 valence electrons. The minimum Gasteiger partial charge on any atom is -0.330 e. The van der Waals surface area contributed by atoms with Crippen LogP contribution in [0.15, 0.2) is 0 Å². The Hall–Kier alpha value is -0.0400. The lowest BCUT2D eigenvalue weighted by Crippen LogP contribution is -2.28. The lowest BCUT2D eigenvalue weighted by atomic mass is 9.71. The Kier molecular flexibility index (Phi) is 3.57. The van der Waals surface area contributed by atoms with Gasteiger partial charge in [0.25, 0.3) is 0 Å². The first-order valence-corrected chi connectivity index (χ1v) is 5.45. The Morgan fingerprint density at radius 2 is 1.92 bits per heavy atom. The molecule has 1 aliphatic carbocycles. The Labute approximate surface area is 76.7 Å². The molecular weight excluding hydrogens is 146 g/mol. The van der Waals surface area contributed by atoms with Crippen molar-refractivity contribution >= 4 is 0 Å². The lowest BCUT2D eigenvalue weighted by molar-refractivity contribution is 0.163. The monoisotopic (exact) mass is 169 g/mol. The number of nitrogens with two attached hydrogens (primary N) is 1. The van der Waals surface area contributed by atoms with Crippen molar-refractivity contribution in [1.82, 2.24) is 0 Å². The summed E-state index contributed by atoms with van der Waals surface area (Å²) in [6.45, 7) is 5.59. The maximum absolute atomic E-state index is 5.69. The summed E-state index contributed by atoms with van der Waals surface area (Å²) in [5.41, 5.74) is 6.31. The van der Waals surface area contributed by atoms with Crippen molar-refractivity contribution in [3.8, 4) is 0 Å². The van der Waals surface area contributed by atoms with E-state index in [4.69, 9.17) is 5.73 Å². The van der Waals surface area contributed by atoms with Gasteiger partial charge in [0.1, 0.15) is 0 Å². The molecule has 0 aromatic rings. The van der Waals surface area contributed by atoms with Gasteiger partial charge in [0.2, 0.25) is 0 Å². The first kappa shape index (κ1) is 10.0. The van der Waals surface area contributed by atoms with Gasteiger partial charge < -0.3 is 5.73 Å². The molecule has 1 saturated carbocycles. The highest BCUT2D eigenvalue weighted by atomic mass is 14.6. The zero-order valence-corrected chi connectivity index (χ0v) is 8.60. The van der Waals surface area contributed by atoms with E-state index >= 15 is 0 Å². The van der Waals surface area contributed by atoms with Crippen LogP contribution in [0.1, 0.15) is 52.4 Å². The van der Waals surface area contributed by atoms with E-state index in [1.807, 2.05) is 0 Å². The first-order valence-electron chi connectivity index (χ1n) is 5.45. The number of hydrogen-bond donors (Lipinski definition) is 1. The predicted molar refractivity (Wildman–Crippen MR) is 54.0 cm³/mol. The third kappa shape index (κ3) is 1.82. The summed E-state index contributed by atoms with van der Waals surface area (Å²) in [6, 6.07) is 0. The van der Waals surface area contributed by atoms with E-state index in [0.717, 1.165) is 12.5 Å². The minimum absolute atomic E-state index is 0.628. The molecule has 0 amide bonds. The average Bonchev–Trinajstić information content (AvgIpc) is 2.53. The molecule has 1 fully saturated rings. The second kappa shape index (κ2) is 4.27. The molecule has 1 rings (SSSR count). The fourth-order valence-electron chi connectivity index (χ4n) is 2.79. The fourth-order valence-corrected chi connectivity index (χ4v) is 2.79. The largest absolute Gasteiger partial charge is 0.330 e. The van der Waals surface area contributed by atoms with Gasteiger partial charge in [0.05, 0.1) is 0 Å². The van der Waals surface area contributed by atoms with Crippen LogP contribution in [0.2, 0.25) is 0 Å². The van der Waals surface area contributed by atoms with Crippen LogP contribution in [0, 0.1) is 11.3 Å². The van der Waals surface area contributed by atoms with Gasteiger partial charge in [-0.05, 0) is 37.1 Å². The van der Waals surface area contributed by atoms with Crippen molar-refractivity contribution in [2.24, 2.45) is 17.1 Å². The minimum atomic E-state index is 0.628. The van der Waals surface area contributed by atoms with E-state index < -0.39 is 0 Å². The molecule has 1 atom stereocenters. The highest BCUT2D eigenvalue weighted by Gasteiger charge is 2.36. The SMILES string of the molecule is CCC(C)C1(CCN)CCCC1. The molecule has 12 heavy (non-hydrogen) atoms. The Balaban J connectivity index is 2.57. The molecule has 1 heteroatoms. The van der Waals surface area contributed by atoms with Crippen molar-refractivity contribution in [2.75, 3.05) is 6.54 Å². The molecule has 1 unspecified atom stereocenters. The maximum atomic E-state index is 5.69. The van der Waals surface area contributed by atoms with Gasteiger partial charge in [0, 0.05) is 0 Å². The zero-order valence-electron chi connectivity index (χ0n) is 8.60. The molecular formula is C11H23N. The van der Waals surface area contributed by atoms with Crippen LogP contribution in [0.5, 0.6) is 0 Å². The third-order valence-corrected chi connectivity index (χ3v) is 3.90. The highest BCUT2D eigenvalue weighted by molar-refractivity contribution is 4.88. The van der Waals surface area contributed by atoms with E-state index in [0.29, 0.717) is 5.41 Å². The smallest absolute Gasteiger partial charge is 0.00719 e. The van der Waals surface area contributed by atoms with Crippen LogP contribution in [-0.4, -0.2) is 6.54 Å². The van der Waals surface area contributed by atoms with E-state index in [1.54, 1.807) is 0 Å². The Bertz CT molecular complexity index is 125. The highest BCUT2D eigenvalue weighted by Crippen LogP contribution is 2.47. The standard InChI is InChI=1S/C11H23N/c1-3-10(2)11(8-9-12)6-4-5-7-11/h10H,3-9,12H2,1-2H3. The number of hydrogen-bond acceptors (Lipinski definition) is 1. The van der Waals surface area contributed by atoms with Crippen molar-refractivity contribution in [3.63, 3.8) is 0 Å². The second-order valence-corrected chi connectivity index (χ2v) is 4.42. The molecule has 0 aromatic carbocycles. The maximum Gasteiger partial charge on any atom is -0.00719 e. The van der Waals surface area contributed by atoms with Crippen LogP contribution in [-0.2, 0) is 0 Å². The summed E-state index contributed by atoms with van der Waals surface area (Å²) in [4.78, 5) is 0. The molecule has 2 N–H and O–H groups in total. The van der Waals surface area contributed by atoms with E-state index in [-0.39, 0.29) is 0 Å². The van der Waals surface area contributed by atoms with Crippen molar-refractivity contribution < 1.29 is 0 Å². The molecule has 0 spiro atoms. The van der Waals surface area contributed by atoms with E-state index in [9.17, 15) is 0 Å². The third-order valence-electron chi connectivity index (χ3n) is 3.90. The molecule has 0 aromatic heterocycles. The van der Waals surface area contributed by atoms with Gasteiger partial charge in [0.15, 0.2) is 0 Å². The second-order valence-electron chi connectivity index (χ2n) is 4.42. The molecule has 1 nitrogen and oxygen atoms in total. The van der Waals surface area contributed by atoms with Gasteiger partial charge in [-0.2, -0.15) is 0 Å². The van der Waals surface area contributed by atoms with Crippen molar-refractivity contribution in [2.45, 2.75) is 52.4 Å².